The largest absolute Gasteiger partial charge is 0.452 e. The van der Waals surface area contributed by atoms with Crippen LogP contribution in [0.4, 0.5) is 32.0 Å². The van der Waals surface area contributed by atoms with E-state index in [1.165, 1.54) is 6.92 Å². The number of carbonyl (C=O) groups is 1. The van der Waals surface area contributed by atoms with Crippen LogP contribution in [0.3, 0.4) is 0 Å². The quantitative estimate of drug-likeness (QED) is 0.524. The van der Waals surface area contributed by atoms with Crippen LogP contribution in [0, 0.1) is 5.95 Å². The van der Waals surface area contributed by atoms with E-state index in [0.717, 1.165) is 18.5 Å². The van der Waals surface area contributed by atoms with Gasteiger partial charge in [-0.25, -0.2) is 14.7 Å². The van der Waals surface area contributed by atoms with Crippen molar-refractivity contribution in [3.8, 4) is 0 Å². The van der Waals surface area contributed by atoms with Gasteiger partial charge in [0.15, 0.2) is 11.8 Å². The minimum atomic E-state index is -4.79. The first kappa shape index (κ1) is 22.7. The highest BCUT2D eigenvalue weighted by molar-refractivity contribution is 6.34. The number of alkyl halides is 5. The number of pyridine rings is 1. The molecule has 0 bridgehead atoms. The standard InChI is InChI=1S/C16H13ClF6N6O2/c1-15(3-9(16(21,22)23)31-14(24)27-15)7-2-6(4-25-11(7)18)26-12(30)10-8(17)5-29(28-10)13(19)20/h2,4-5,9,13H,3H2,1H3,(H2,24,27)(H,26,30). The molecule has 2 aromatic rings. The molecule has 3 rings (SSSR count). The second-order valence-electron chi connectivity index (χ2n) is 6.68. The molecule has 0 spiro atoms. The molecule has 1 aliphatic rings. The van der Waals surface area contributed by atoms with Crippen molar-refractivity contribution in [3.05, 3.63) is 40.7 Å². The summed E-state index contributed by atoms with van der Waals surface area (Å²) in [6, 6.07) is 0.197. The number of hydrogen-bond acceptors (Lipinski definition) is 6. The summed E-state index contributed by atoms with van der Waals surface area (Å²) in [5, 5.41) is 5.19. The van der Waals surface area contributed by atoms with E-state index in [9.17, 15) is 31.1 Å². The van der Waals surface area contributed by atoms with Crippen LogP contribution in [-0.2, 0) is 10.3 Å². The predicted molar refractivity (Wildman–Crippen MR) is 95.2 cm³/mol. The Bertz CT molecular complexity index is 1040. The number of amidine groups is 1. The second-order valence-corrected chi connectivity index (χ2v) is 7.08. The van der Waals surface area contributed by atoms with Crippen molar-refractivity contribution in [2.75, 3.05) is 5.32 Å². The van der Waals surface area contributed by atoms with E-state index in [-0.39, 0.29) is 15.4 Å². The van der Waals surface area contributed by atoms with Crippen LogP contribution < -0.4 is 11.1 Å². The smallest absolute Gasteiger partial charge is 0.425 e. The fourth-order valence-corrected chi connectivity index (χ4v) is 3.15. The molecule has 3 heterocycles. The van der Waals surface area contributed by atoms with Crippen molar-refractivity contribution < 1.29 is 35.9 Å². The molecular weight excluding hydrogens is 458 g/mol. The number of halogens is 7. The Hall–Kier alpha value is -3.03. The maximum atomic E-state index is 14.4. The lowest BCUT2D eigenvalue weighted by Gasteiger charge is -2.35. The summed E-state index contributed by atoms with van der Waals surface area (Å²) < 4.78 is 83.8. The number of rotatable bonds is 4. The molecule has 15 heteroatoms. The molecule has 0 fully saturated rings. The van der Waals surface area contributed by atoms with Crippen LogP contribution >= 0.6 is 11.6 Å². The zero-order chi connectivity index (χ0) is 23.1. The van der Waals surface area contributed by atoms with E-state index in [0.29, 0.717) is 0 Å². The van der Waals surface area contributed by atoms with Crippen LogP contribution in [0.15, 0.2) is 23.5 Å². The van der Waals surface area contributed by atoms with E-state index < -0.39 is 59.9 Å². The van der Waals surface area contributed by atoms with Crippen molar-refractivity contribution in [2.45, 2.75) is 37.7 Å². The van der Waals surface area contributed by atoms with Gasteiger partial charge in [-0.2, -0.15) is 31.4 Å². The number of nitrogens with two attached hydrogens (primary N) is 1. The predicted octanol–water partition coefficient (Wildman–Crippen LogP) is 3.60. The van der Waals surface area contributed by atoms with E-state index in [2.05, 4.69) is 25.1 Å². The zero-order valence-corrected chi connectivity index (χ0v) is 16.2. The Kier molecular flexibility index (Phi) is 5.78. The van der Waals surface area contributed by atoms with Crippen molar-refractivity contribution in [1.82, 2.24) is 14.8 Å². The SMILES string of the molecule is CC1(c2cc(NC(=O)c3nn(C(F)F)cc3Cl)cnc2F)CC(C(F)(F)F)OC(N)=N1. The molecule has 168 valence electrons. The van der Waals surface area contributed by atoms with Gasteiger partial charge in [-0.3, -0.25) is 4.79 Å². The van der Waals surface area contributed by atoms with Crippen LogP contribution in [0.25, 0.3) is 0 Å². The average molecular weight is 471 g/mol. The van der Waals surface area contributed by atoms with Gasteiger partial charge in [0, 0.05) is 12.0 Å². The second kappa shape index (κ2) is 7.90. The summed E-state index contributed by atoms with van der Waals surface area (Å²) in [7, 11) is 0. The lowest BCUT2D eigenvalue weighted by Crippen LogP contribution is -2.46. The molecule has 2 unspecified atom stereocenters. The highest BCUT2D eigenvalue weighted by atomic mass is 35.5. The number of anilines is 1. The van der Waals surface area contributed by atoms with Gasteiger partial charge >= 0.3 is 12.7 Å². The first-order valence-corrected chi connectivity index (χ1v) is 8.77. The summed E-state index contributed by atoms with van der Waals surface area (Å²) in [6.07, 6.45) is -6.35. The highest BCUT2D eigenvalue weighted by Gasteiger charge is 2.50. The average Bonchev–Trinajstić information content (AvgIpc) is 3.04. The maximum Gasteiger partial charge on any atom is 0.425 e. The van der Waals surface area contributed by atoms with Gasteiger partial charge in [-0.05, 0) is 13.0 Å². The van der Waals surface area contributed by atoms with Crippen molar-refractivity contribution >= 4 is 29.2 Å². The molecule has 0 aromatic carbocycles. The summed E-state index contributed by atoms with van der Waals surface area (Å²) in [5.41, 5.74) is 2.40. The molecule has 0 radical (unpaired) electrons. The van der Waals surface area contributed by atoms with Crippen LogP contribution in [0.1, 0.15) is 35.9 Å². The molecule has 2 atom stereocenters. The van der Waals surface area contributed by atoms with Gasteiger partial charge in [0.25, 0.3) is 11.9 Å². The summed E-state index contributed by atoms with van der Waals surface area (Å²) in [5.74, 6) is -2.18. The number of nitrogens with zero attached hydrogens (tertiary/aromatic N) is 4. The van der Waals surface area contributed by atoms with E-state index in [1.54, 1.807) is 0 Å². The minimum absolute atomic E-state index is 0.156. The molecule has 1 aliphatic heterocycles. The lowest BCUT2D eigenvalue weighted by atomic mass is 9.86. The third kappa shape index (κ3) is 4.68. The minimum Gasteiger partial charge on any atom is -0.452 e. The highest BCUT2D eigenvalue weighted by Crippen LogP contribution is 2.41. The first-order chi connectivity index (χ1) is 14.3. The molecule has 31 heavy (non-hydrogen) atoms. The van der Waals surface area contributed by atoms with E-state index in [4.69, 9.17) is 17.3 Å². The Morgan fingerprint density at radius 2 is 2.13 bits per heavy atom. The fraction of sp³-hybridized carbons (Fsp3) is 0.375. The van der Waals surface area contributed by atoms with E-state index >= 15 is 0 Å². The molecule has 0 aliphatic carbocycles. The maximum absolute atomic E-state index is 14.4. The number of carbonyl (C=O) groups excluding carboxylic acids is 1. The van der Waals surface area contributed by atoms with Crippen molar-refractivity contribution in [3.63, 3.8) is 0 Å². The Balaban J connectivity index is 1.92. The number of aliphatic imine (C=N–C) groups is 1. The van der Waals surface area contributed by atoms with Gasteiger partial charge in [-0.1, -0.05) is 11.6 Å². The number of ether oxygens (including phenoxy) is 1. The van der Waals surface area contributed by atoms with Crippen LogP contribution in [-0.4, -0.2) is 39.0 Å². The van der Waals surface area contributed by atoms with Gasteiger partial charge in [-0.15, -0.1) is 0 Å². The first-order valence-electron chi connectivity index (χ1n) is 8.39. The van der Waals surface area contributed by atoms with Crippen molar-refractivity contribution in [1.29, 1.82) is 0 Å². The van der Waals surface area contributed by atoms with Crippen LogP contribution in [0.2, 0.25) is 5.02 Å². The van der Waals surface area contributed by atoms with Gasteiger partial charge < -0.3 is 15.8 Å². The van der Waals surface area contributed by atoms with Crippen LogP contribution in [0.5, 0.6) is 0 Å². The Morgan fingerprint density at radius 1 is 1.45 bits per heavy atom. The summed E-state index contributed by atoms with van der Waals surface area (Å²) >= 11 is 5.72. The third-order valence-corrected chi connectivity index (χ3v) is 4.62. The Labute approximate surface area is 175 Å². The molecule has 2 aromatic heterocycles. The van der Waals surface area contributed by atoms with Gasteiger partial charge in [0.1, 0.15) is 0 Å². The summed E-state index contributed by atoms with van der Waals surface area (Å²) in [6.45, 7) is -1.86. The number of amides is 1. The monoisotopic (exact) mass is 470 g/mol. The third-order valence-electron chi connectivity index (χ3n) is 4.35. The Morgan fingerprint density at radius 3 is 2.71 bits per heavy atom. The normalized spacial score (nSPS) is 21.6. The van der Waals surface area contributed by atoms with Gasteiger partial charge in [0.05, 0.1) is 28.6 Å². The number of nitrogens with one attached hydrogen (secondary N) is 1. The van der Waals surface area contributed by atoms with E-state index in [1.807, 2.05) is 0 Å². The molecule has 0 saturated heterocycles. The topological polar surface area (TPSA) is 107 Å². The fourth-order valence-electron chi connectivity index (χ4n) is 2.92. The summed E-state index contributed by atoms with van der Waals surface area (Å²) in [4.78, 5) is 19.5. The number of hydrogen-bond donors (Lipinski definition) is 2. The molecule has 3 N–H and O–H groups in total. The van der Waals surface area contributed by atoms with Gasteiger partial charge in [0.2, 0.25) is 5.95 Å². The molecule has 0 saturated carbocycles. The molecular formula is C16H13ClF6N6O2. The molecule has 1 amide bonds. The zero-order valence-electron chi connectivity index (χ0n) is 15.4. The lowest BCUT2D eigenvalue weighted by molar-refractivity contribution is -0.208. The van der Waals surface area contributed by atoms with Crippen molar-refractivity contribution in [2.24, 2.45) is 10.7 Å². The molecule has 8 nitrogen and oxygen atoms in total. The number of aromatic nitrogens is 3.